The topological polar surface area (TPSA) is 83.8 Å². The lowest BCUT2D eigenvalue weighted by atomic mass is 10.0. The smallest absolute Gasteiger partial charge is 0.159 e. The Balaban J connectivity index is 1.83. The maximum absolute atomic E-state index is 15.0. The van der Waals surface area contributed by atoms with E-state index in [0.29, 0.717) is 33.0 Å². The van der Waals surface area contributed by atoms with Crippen LogP contribution < -0.4 is 5.32 Å². The van der Waals surface area contributed by atoms with Crippen LogP contribution in [0.2, 0.25) is 5.02 Å². The third-order valence-corrected chi connectivity index (χ3v) is 6.04. The van der Waals surface area contributed by atoms with Crippen molar-refractivity contribution < 1.29 is 13.9 Å². The molecule has 3 heterocycles. The first-order valence-corrected chi connectivity index (χ1v) is 11.3. The van der Waals surface area contributed by atoms with Gasteiger partial charge >= 0.3 is 0 Å². The van der Waals surface area contributed by atoms with E-state index in [1.807, 2.05) is 0 Å². The Bertz CT molecular complexity index is 1440. The lowest BCUT2D eigenvalue weighted by Crippen LogP contribution is -2.19. The first-order chi connectivity index (χ1) is 16.5. The van der Waals surface area contributed by atoms with Crippen molar-refractivity contribution in [2.24, 2.45) is 0 Å². The van der Waals surface area contributed by atoms with Gasteiger partial charge in [0.1, 0.15) is 22.6 Å². The largest absolute Gasteiger partial charge is 0.382 e. The molecule has 4 aromatic rings. The van der Waals surface area contributed by atoms with Crippen LogP contribution in [0.3, 0.4) is 0 Å². The maximum atomic E-state index is 15.0. The van der Waals surface area contributed by atoms with Crippen LogP contribution in [0.25, 0.3) is 28.4 Å². The highest BCUT2D eigenvalue weighted by Crippen LogP contribution is 2.36. The number of hydrogen-bond acceptors (Lipinski definition) is 6. The van der Waals surface area contributed by atoms with Gasteiger partial charge in [-0.1, -0.05) is 30.3 Å². The summed E-state index contributed by atoms with van der Waals surface area (Å²) < 4.78 is 29.6. The van der Waals surface area contributed by atoms with Gasteiger partial charge < -0.3 is 10.4 Å². The number of nitrogens with one attached hydrogen (secondary N) is 1. The standard InChI is InChI=1S/C26H24ClF2N5O/c1-6-15-7-8-18(28)17(9-15)13(2)33-24-21(27)14(3)32-20-10-19(29)22(34-23(20)24)16-11-30-25(31-12-16)26(4,5)35/h6-13,35H,1H2,2-5H3,(H,32,33)/t13-/m1/s1. The molecule has 180 valence electrons. The first-order valence-electron chi connectivity index (χ1n) is 10.9. The second kappa shape index (κ2) is 9.28. The van der Waals surface area contributed by atoms with Crippen LogP contribution in [-0.2, 0) is 5.60 Å². The molecule has 0 aliphatic heterocycles. The van der Waals surface area contributed by atoms with E-state index in [9.17, 15) is 9.50 Å². The molecule has 9 heteroatoms. The molecular formula is C26H24ClF2N5O. The van der Waals surface area contributed by atoms with Gasteiger partial charge in [-0.05, 0) is 45.4 Å². The molecule has 0 amide bonds. The predicted octanol–water partition coefficient (Wildman–Crippen LogP) is 6.37. The zero-order valence-electron chi connectivity index (χ0n) is 19.7. The quantitative estimate of drug-likeness (QED) is 0.323. The molecule has 0 spiro atoms. The first kappa shape index (κ1) is 24.6. The van der Waals surface area contributed by atoms with Crippen LogP contribution in [-0.4, -0.2) is 25.0 Å². The fraction of sp³-hybridized carbons (Fsp3) is 0.231. The second-order valence-electron chi connectivity index (χ2n) is 8.78. The van der Waals surface area contributed by atoms with Gasteiger partial charge in [0.2, 0.25) is 0 Å². The zero-order chi connectivity index (χ0) is 25.5. The molecule has 35 heavy (non-hydrogen) atoms. The number of aryl methyl sites for hydroxylation is 1. The van der Waals surface area contributed by atoms with Crippen LogP contribution >= 0.6 is 11.6 Å². The van der Waals surface area contributed by atoms with Crippen molar-refractivity contribution in [3.63, 3.8) is 0 Å². The molecule has 4 rings (SSSR count). The van der Waals surface area contributed by atoms with E-state index in [1.165, 1.54) is 24.5 Å². The zero-order valence-corrected chi connectivity index (χ0v) is 20.5. The number of aliphatic hydroxyl groups is 1. The normalized spacial score (nSPS) is 12.6. The highest BCUT2D eigenvalue weighted by molar-refractivity contribution is 6.35. The highest BCUT2D eigenvalue weighted by Gasteiger charge is 2.22. The number of fused-ring (bicyclic) bond motifs is 1. The average Bonchev–Trinajstić information content (AvgIpc) is 2.81. The van der Waals surface area contributed by atoms with Crippen molar-refractivity contribution in [1.82, 2.24) is 19.9 Å². The van der Waals surface area contributed by atoms with Crippen LogP contribution in [0.1, 0.15) is 49.5 Å². The minimum absolute atomic E-state index is 0.00273. The molecule has 0 saturated heterocycles. The third kappa shape index (κ3) is 4.85. The Hall–Kier alpha value is -3.49. The Morgan fingerprint density at radius 2 is 1.80 bits per heavy atom. The summed E-state index contributed by atoms with van der Waals surface area (Å²) in [5.41, 5.74) is 1.74. The molecule has 0 aliphatic carbocycles. The van der Waals surface area contributed by atoms with Gasteiger partial charge in [0.05, 0.1) is 28.0 Å². The summed E-state index contributed by atoms with van der Waals surface area (Å²) in [6.07, 6.45) is 4.43. The summed E-state index contributed by atoms with van der Waals surface area (Å²) in [6.45, 7) is 10.3. The van der Waals surface area contributed by atoms with Gasteiger partial charge in [0.15, 0.2) is 11.6 Å². The monoisotopic (exact) mass is 495 g/mol. The van der Waals surface area contributed by atoms with Crippen LogP contribution in [0.15, 0.2) is 43.2 Å². The van der Waals surface area contributed by atoms with Gasteiger partial charge in [0, 0.05) is 29.6 Å². The molecule has 0 radical (unpaired) electrons. The minimum atomic E-state index is -1.24. The van der Waals surface area contributed by atoms with E-state index >= 15 is 4.39 Å². The number of nitrogens with zero attached hydrogens (tertiary/aromatic N) is 4. The van der Waals surface area contributed by atoms with Gasteiger partial charge in [-0.3, -0.25) is 0 Å². The van der Waals surface area contributed by atoms with E-state index in [1.54, 1.807) is 45.9 Å². The lowest BCUT2D eigenvalue weighted by Gasteiger charge is -2.20. The Morgan fingerprint density at radius 3 is 2.43 bits per heavy atom. The molecule has 0 saturated carbocycles. The number of anilines is 1. The molecule has 0 fully saturated rings. The third-order valence-electron chi connectivity index (χ3n) is 5.57. The summed E-state index contributed by atoms with van der Waals surface area (Å²) in [4.78, 5) is 17.2. The summed E-state index contributed by atoms with van der Waals surface area (Å²) in [5.74, 6) is -0.802. The SMILES string of the molecule is C=Cc1ccc(F)c([C@@H](C)Nc2c(Cl)c(C)nc3cc(F)c(-c4cnc(C(C)(C)O)nc4)nc23)c1. The summed E-state index contributed by atoms with van der Waals surface area (Å²) in [6, 6.07) is 5.48. The number of aromatic nitrogens is 4. The van der Waals surface area contributed by atoms with Crippen molar-refractivity contribution in [3.05, 3.63) is 82.5 Å². The van der Waals surface area contributed by atoms with Gasteiger partial charge in [-0.15, -0.1) is 0 Å². The summed E-state index contributed by atoms with van der Waals surface area (Å²) >= 11 is 6.59. The Kier molecular flexibility index (Phi) is 6.53. The average molecular weight is 496 g/mol. The number of pyridine rings is 2. The van der Waals surface area contributed by atoms with Crippen molar-refractivity contribution in [1.29, 1.82) is 0 Å². The second-order valence-corrected chi connectivity index (χ2v) is 9.16. The number of rotatable bonds is 6. The Labute approximate surface area is 206 Å². The van der Waals surface area contributed by atoms with Crippen LogP contribution in [0.4, 0.5) is 14.5 Å². The van der Waals surface area contributed by atoms with Gasteiger partial charge in [0.25, 0.3) is 0 Å². The van der Waals surface area contributed by atoms with Crippen LogP contribution in [0, 0.1) is 18.6 Å². The molecule has 0 bridgehead atoms. The van der Waals surface area contributed by atoms with E-state index in [0.717, 1.165) is 5.56 Å². The van der Waals surface area contributed by atoms with Crippen molar-refractivity contribution in [2.75, 3.05) is 5.32 Å². The van der Waals surface area contributed by atoms with E-state index in [2.05, 4.69) is 31.8 Å². The lowest BCUT2D eigenvalue weighted by molar-refractivity contribution is 0.0687. The number of benzene rings is 1. The molecule has 1 atom stereocenters. The number of halogens is 3. The van der Waals surface area contributed by atoms with Gasteiger partial charge in [-0.2, -0.15) is 0 Å². The fourth-order valence-electron chi connectivity index (χ4n) is 3.68. The van der Waals surface area contributed by atoms with Crippen molar-refractivity contribution in [2.45, 2.75) is 39.3 Å². The predicted molar refractivity (Wildman–Crippen MR) is 134 cm³/mol. The maximum Gasteiger partial charge on any atom is 0.159 e. The van der Waals surface area contributed by atoms with E-state index in [4.69, 9.17) is 11.6 Å². The molecule has 3 aromatic heterocycles. The van der Waals surface area contributed by atoms with E-state index < -0.39 is 17.5 Å². The molecule has 0 unspecified atom stereocenters. The van der Waals surface area contributed by atoms with E-state index in [-0.39, 0.29) is 22.9 Å². The molecule has 0 aliphatic rings. The highest BCUT2D eigenvalue weighted by atomic mass is 35.5. The van der Waals surface area contributed by atoms with Crippen molar-refractivity contribution >= 4 is 34.4 Å². The molecule has 2 N–H and O–H groups in total. The number of hydrogen-bond donors (Lipinski definition) is 2. The minimum Gasteiger partial charge on any atom is -0.382 e. The summed E-state index contributed by atoms with van der Waals surface area (Å²) in [7, 11) is 0. The molecule has 1 aromatic carbocycles. The molecular weight excluding hydrogens is 472 g/mol. The Morgan fingerprint density at radius 1 is 1.11 bits per heavy atom. The van der Waals surface area contributed by atoms with Crippen LogP contribution in [0.5, 0.6) is 0 Å². The summed E-state index contributed by atoms with van der Waals surface area (Å²) in [5, 5.41) is 13.6. The van der Waals surface area contributed by atoms with Crippen molar-refractivity contribution in [3.8, 4) is 11.3 Å². The fourth-order valence-corrected chi connectivity index (χ4v) is 3.87. The molecule has 6 nitrogen and oxygen atoms in total. The van der Waals surface area contributed by atoms with Gasteiger partial charge in [-0.25, -0.2) is 28.7 Å².